The molecule has 0 bridgehead atoms. The normalized spacial score (nSPS) is 9.42. The van der Waals surface area contributed by atoms with Crippen LogP contribution < -0.4 is 11.3 Å². The molecule has 5 nitrogen and oxygen atoms in total. The average Bonchev–Trinajstić information content (AvgIpc) is 2.03. The van der Waals surface area contributed by atoms with Crippen LogP contribution in [0.15, 0.2) is 18.2 Å². The Morgan fingerprint density at radius 1 is 1.33 bits per heavy atom. The van der Waals surface area contributed by atoms with Gasteiger partial charge in [0.05, 0.1) is 0 Å². The fourth-order valence-electron chi connectivity index (χ4n) is 0.833. The first kappa shape index (κ1) is 8.35. The molecule has 0 radical (unpaired) electrons. The summed E-state index contributed by atoms with van der Waals surface area (Å²) < 4.78 is 0. The second-order valence-corrected chi connectivity index (χ2v) is 2.14. The number of aromatic hydroxyl groups is 2. The molecule has 0 saturated heterocycles. The van der Waals surface area contributed by atoms with E-state index >= 15 is 0 Å². The molecule has 0 aliphatic rings. The van der Waals surface area contributed by atoms with Gasteiger partial charge < -0.3 is 10.2 Å². The molecule has 0 aliphatic heterocycles. The van der Waals surface area contributed by atoms with Crippen molar-refractivity contribution in [3.63, 3.8) is 0 Å². The summed E-state index contributed by atoms with van der Waals surface area (Å²) in [6.07, 6.45) is 0. The molecule has 5 N–H and O–H groups in total. The molecular weight excluding hydrogens is 160 g/mol. The zero-order valence-electron chi connectivity index (χ0n) is 6.11. The van der Waals surface area contributed by atoms with Crippen LogP contribution in [-0.2, 0) is 0 Å². The number of nitrogen functional groups attached to an aromatic ring is 1. The fourth-order valence-corrected chi connectivity index (χ4v) is 0.833. The lowest BCUT2D eigenvalue weighted by Gasteiger charge is -2.03. The topological polar surface area (TPSA) is 95.6 Å². The van der Waals surface area contributed by atoms with E-state index in [1.165, 1.54) is 18.2 Å². The molecule has 1 aromatic carbocycles. The van der Waals surface area contributed by atoms with Crippen LogP contribution in [0.1, 0.15) is 10.4 Å². The molecule has 1 amide bonds. The van der Waals surface area contributed by atoms with Gasteiger partial charge in [0.15, 0.2) is 0 Å². The van der Waals surface area contributed by atoms with E-state index in [0.717, 1.165) is 0 Å². The van der Waals surface area contributed by atoms with E-state index in [4.69, 9.17) is 16.1 Å². The van der Waals surface area contributed by atoms with Crippen molar-refractivity contribution in [1.82, 2.24) is 5.43 Å². The van der Waals surface area contributed by atoms with E-state index < -0.39 is 5.91 Å². The highest BCUT2D eigenvalue weighted by Crippen LogP contribution is 2.25. The molecule has 0 aromatic heterocycles. The van der Waals surface area contributed by atoms with Crippen LogP contribution in [0.5, 0.6) is 11.5 Å². The van der Waals surface area contributed by atoms with Crippen molar-refractivity contribution in [3.05, 3.63) is 23.8 Å². The van der Waals surface area contributed by atoms with E-state index in [0.29, 0.717) is 0 Å². The van der Waals surface area contributed by atoms with Gasteiger partial charge in [-0.25, -0.2) is 5.84 Å². The molecule has 0 aliphatic carbocycles. The van der Waals surface area contributed by atoms with E-state index in [1.807, 2.05) is 0 Å². The van der Waals surface area contributed by atoms with E-state index in [2.05, 4.69) is 0 Å². The number of hydrogen-bond donors (Lipinski definition) is 4. The van der Waals surface area contributed by atoms with Crippen LogP contribution in [0.2, 0.25) is 0 Å². The Labute approximate surface area is 68.4 Å². The summed E-state index contributed by atoms with van der Waals surface area (Å²) in [6, 6.07) is 3.98. The number of phenols is 2. The van der Waals surface area contributed by atoms with Gasteiger partial charge >= 0.3 is 0 Å². The van der Waals surface area contributed by atoms with Crippen LogP contribution in [0.4, 0.5) is 0 Å². The molecular formula is C7H8N2O3. The standard InChI is InChI=1S/C7H8N2O3/c8-9-7(12)6-4(10)2-1-3-5(6)11/h1-3,10-11H,8H2,(H,9,12). The predicted molar refractivity (Wildman–Crippen MR) is 41.4 cm³/mol. The number of carbonyl (C=O) groups is 1. The van der Waals surface area contributed by atoms with Crippen molar-refractivity contribution in [1.29, 1.82) is 0 Å². The lowest BCUT2D eigenvalue weighted by molar-refractivity contribution is 0.0948. The molecule has 5 heteroatoms. The second kappa shape index (κ2) is 3.10. The molecule has 0 atom stereocenters. The average molecular weight is 168 g/mol. The summed E-state index contributed by atoms with van der Waals surface area (Å²) >= 11 is 0. The molecule has 0 fully saturated rings. The Bertz CT molecular complexity index is 291. The zero-order chi connectivity index (χ0) is 9.14. The molecule has 0 heterocycles. The maximum absolute atomic E-state index is 10.9. The van der Waals surface area contributed by atoms with Crippen LogP contribution >= 0.6 is 0 Å². The van der Waals surface area contributed by atoms with E-state index in [9.17, 15) is 4.79 Å². The number of hydrazine groups is 1. The van der Waals surface area contributed by atoms with Gasteiger partial charge in [0.1, 0.15) is 17.1 Å². The first-order valence-electron chi connectivity index (χ1n) is 3.18. The first-order valence-corrected chi connectivity index (χ1v) is 3.18. The lowest BCUT2D eigenvalue weighted by atomic mass is 10.1. The Morgan fingerprint density at radius 3 is 2.25 bits per heavy atom. The maximum atomic E-state index is 10.9. The minimum atomic E-state index is -0.731. The molecule has 0 unspecified atom stereocenters. The first-order chi connectivity index (χ1) is 5.66. The van der Waals surface area contributed by atoms with Gasteiger partial charge in [-0.1, -0.05) is 6.07 Å². The number of phenolic OH excluding ortho intramolecular Hbond substituents is 2. The largest absolute Gasteiger partial charge is 0.507 e. The van der Waals surface area contributed by atoms with Gasteiger partial charge in [-0.05, 0) is 12.1 Å². The second-order valence-electron chi connectivity index (χ2n) is 2.14. The summed E-state index contributed by atoms with van der Waals surface area (Å²) in [4.78, 5) is 10.9. The molecule has 12 heavy (non-hydrogen) atoms. The Balaban J connectivity index is 3.21. The van der Waals surface area contributed by atoms with Crippen LogP contribution in [-0.4, -0.2) is 16.1 Å². The minimum Gasteiger partial charge on any atom is -0.507 e. The monoisotopic (exact) mass is 168 g/mol. The number of rotatable bonds is 1. The van der Waals surface area contributed by atoms with Crippen molar-refractivity contribution in [2.45, 2.75) is 0 Å². The number of nitrogens with one attached hydrogen (secondary N) is 1. The number of amides is 1. The van der Waals surface area contributed by atoms with E-state index in [-0.39, 0.29) is 17.1 Å². The van der Waals surface area contributed by atoms with Gasteiger partial charge in [0, 0.05) is 0 Å². The van der Waals surface area contributed by atoms with Crippen molar-refractivity contribution in [2.75, 3.05) is 0 Å². The van der Waals surface area contributed by atoms with Crippen molar-refractivity contribution < 1.29 is 15.0 Å². The minimum absolute atomic E-state index is 0.222. The Kier molecular flexibility index (Phi) is 2.16. The third-order valence-corrected chi connectivity index (χ3v) is 1.38. The van der Waals surface area contributed by atoms with Crippen LogP contribution in [0, 0.1) is 0 Å². The van der Waals surface area contributed by atoms with Gasteiger partial charge in [0.25, 0.3) is 5.91 Å². The summed E-state index contributed by atoms with van der Waals surface area (Å²) in [6.45, 7) is 0. The number of benzene rings is 1. The number of nitrogens with two attached hydrogens (primary N) is 1. The predicted octanol–water partition coefficient (Wildman–Crippen LogP) is -0.299. The molecule has 64 valence electrons. The summed E-state index contributed by atoms with van der Waals surface area (Å²) in [7, 11) is 0. The third kappa shape index (κ3) is 1.30. The molecule has 1 rings (SSSR count). The van der Waals surface area contributed by atoms with Crippen LogP contribution in [0.3, 0.4) is 0 Å². The number of hydrogen-bond acceptors (Lipinski definition) is 4. The Hall–Kier alpha value is -1.75. The molecule has 0 saturated carbocycles. The van der Waals surface area contributed by atoms with E-state index in [1.54, 1.807) is 5.43 Å². The van der Waals surface area contributed by atoms with Gasteiger partial charge in [0.2, 0.25) is 0 Å². The molecule has 1 aromatic rings. The third-order valence-electron chi connectivity index (χ3n) is 1.38. The molecule has 0 spiro atoms. The highest BCUT2D eigenvalue weighted by Gasteiger charge is 2.13. The SMILES string of the molecule is NNC(=O)c1c(O)cccc1O. The summed E-state index contributed by atoms with van der Waals surface area (Å²) in [5.74, 6) is 3.47. The Morgan fingerprint density at radius 2 is 1.83 bits per heavy atom. The van der Waals surface area contributed by atoms with Crippen LogP contribution in [0.25, 0.3) is 0 Å². The van der Waals surface area contributed by atoms with Gasteiger partial charge in [-0.15, -0.1) is 0 Å². The quantitative estimate of drug-likeness (QED) is 0.263. The van der Waals surface area contributed by atoms with Crippen molar-refractivity contribution in [2.24, 2.45) is 5.84 Å². The van der Waals surface area contributed by atoms with Crippen molar-refractivity contribution >= 4 is 5.91 Å². The highest BCUT2D eigenvalue weighted by atomic mass is 16.3. The van der Waals surface area contributed by atoms with Gasteiger partial charge in [-0.2, -0.15) is 0 Å². The fraction of sp³-hybridized carbons (Fsp3) is 0. The summed E-state index contributed by atoms with van der Waals surface area (Å²) in [5.41, 5.74) is 1.58. The lowest BCUT2D eigenvalue weighted by Crippen LogP contribution is -2.30. The smallest absolute Gasteiger partial charge is 0.272 e. The number of carbonyl (C=O) groups excluding carboxylic acids is 1. The zero-order valence-corrected chi connectivity index (χ0v) is 6.11. The highest BCUT2D eigenvalue weighted by molar-refractivity contribution is 5.99. The van der Waals surface area contributed by atoms with Crippen molar-refractivity contribution in [3.8, 4) is 11.5 Å². The summed E-state index contributed by atoms with van der Waals surface area (Å²) in [5, 5.41) is 18.2. The maximum Gasteiger partial charge on any atom is 0.272 e. The van der Waals surface area contributed by atoms with Gasteiger partial charge in [-0.3, -0.25) is 10.2 Å².